The Labute approximate surface area is 164 Å². The maximum Gasteiger partial charge on any atom is 0.238 e. The van der Waals surface area contributed by atoms with Crippen LogP contribution in [0.25, 0.3) is 0 Å². The predicted octanol–water partition coefficient (Wildman–Crippen LogP) is 3.40. The Kier molecular flexibility index (Phi) is 6.48. The molecule has 142 valence electrons. The summed E-state index contributed by atoms with van der Waals surface area (Å²) in [6.07, 6.45) is 3.08. The van der Waals surface area contributed by atoms with E-state index in [1.165, 1.54) is 11.1 Å². The van der Waals surface area contributed by atoms with Crippen LogP contribution in [0.3, 0.4) is 0 Å². The number of hydrogen-bond acceptors (Lipinski definition) is 3. The topological polar surface area (TPSA) is 61.4 Å². The summed E-state index contributed by atoms with van der Waals surface area (Å²) in [5.41, 5.74) is 3.20. The van der Waals surface area contributed by atoms with Crippen molar-refractivity contribution in [3.05, 3.63) is 64.7 Å². The van der Waals surface area contributed by atoms with Crippen molar-refractivity contribution in [1.29, 1.82) is 0 Å². The molecule has 2 amide bonds. The highest BCUT2D eigenvalue weighted by molar-refractivity contribution is 6.30. The van der Waals surface area contributed by atoms with Gasteiger partial charge in [-0.3, -0.25) is 14.5 Å². The number of nitrogens with zero attached hydrogens (tertiary/aromatic N) is 1. The molecule has 1 aliphatic carbocycles. The van der Waals surface area contributed by atoms with Crippen molar-refractivity contribution in [2.24, 2.45) is 0 Å². The first kappa shape index (κ1) is 19.4. The number of anilines is 1. The molecule has 1 aliphatic rings. The van der Waals surface area contributed by atoms with Gasteiger partial charge in [-0.15, -0.1) is 0 Å². The minimum absolute atomic E-state index is 0.0544. The number of fused-ring (bicyclic) bond motifs is 1. The lowest BCUT2D eigenvalue weighted by molar-refractivity contribution is -0.123. The molecular weight excluding hydrogens is 362 g/mol. The highest BCUT2D eigenvalue weighted by Gasteiger charge is 2.22. The fourth-order valence-corrected chi connectivity index (χ4v) is 3.55. The van der Waals surface area contributed by atoms with E-state index >= 15 is 0 Å². The molecule has 2 N–H and O–H groups in total. The van der Waals surface area contributed by atoms with E-state index in [-0.39, 0.29) is 30.9 Å². The summed E-state index contributed by atoms with van der Waals surface area (Å²) in [5.74, 6) is -0.242. The van der Waals surface area contributed by atoms with Crippen molar-refractivity contribution in [3.8, 4) is 0 Å². The first-order chi connectivity index (χ1) is 13.0. The normalized spacial score (nSPS) is 15.9. The average molecular weight is 386 g/mol. The van der Waals surface area contributed by atoms with Gasteiger partial charge in [-0.2, -0.15) is 0 Å². The zero-order chi connectivity index (χ0) is 19.2. The number of nitrogens with one attached hydrogen (secondary N) is 2. The van der Waals surface area contributed by atoms with E-state index in [0.29, 0.717) is 10.7 Å². The standard InChI is InChI=1S/C21H24ClN3O2/c1-25(13-20(26)23-17-11-9-16(22)10-12-17)14-21(27)24-19-8-4-6-15-5-2-3-7-18(15)19/h2-3,5,7,9-12,19H,4,6,8,13-14H2,1H3,(H,23,26)(H,24,27)/t19-/m0/s1. The Morgan fingerprint density at radius 2 is 1.78 bits per heavy atom. The van der Waals surface area contributed by atoms with Crippen molar-refractivity contribution < 1.29 is 9.59 Å². The molecule has 0 heterocycles. The largest absolute Gasteiger partial charge is 0.348 e. The van der Waals surface area contributed by atoms with E-state index < -0.39 is 0 Å². The SMILES string of the molecule is CN(CC(=O)Nc1ccc(Cl)cc1)CC(=O)N[C@H]1CCCc2ccccc21. The third-order valence-corrected chi connectivity index (χ3v) is 4.91. The molecule has 0 spiro atoms. The van der Waals surface area contributed by atoms with Gasteiger partial charge >= 0.3 is 0 Å². The van der Waals surface area contributed by atoms with Gasteiger partial charge in [-0.05, 0) is 61.7 Å². The van der Waals surface area contributed by atoms with Gasteiger partial charge in [-0.1, -0.05) is 35.9 Å². The van der Waals surface area contributed by atoms with Gasteiger partial charge in [0.15, 0.2) is 0 Å². The lowest BCUT2D eigenvalue weighted by Crippen LogP contribution is -2.40. The van der Waals surface area contributed by atoms with Crippen LogP contribution in [0.2, 0.25) is 5.02 Å². The van der Waals surface area contributed by atoms with Crippen LogP contribution in [0.1, 0.15) is 30.0 Å². The molecule has 0 saturated heterocycles. The fourth-order valence-electron chi connectivity index (χ4n) is 3.42. The monoisotopic (exact) mass is 385 g/mol. The smallest absolute Gasteiger partial charge is 0.238 e. The number of halogens is 1. The number of likely N-dealkylation sites (N-methyl/N-ethyl adjacent to an activating group) is 1. The number of amides is 2. The Bertz CT molecular complexity index is 807. The van der Waals surface area contributed by atoms with Crippen LogP contribution in [0.4, 0.5) is 5.69 Å². The van der Waals surface area contributed by atoms with Crippen molar-refractivity contribution >= 4 is 29.1 Å². The molecule has 27 heavy (non-hydrogen) atoms. The number of aryl methyl sites for hydroxylation is 1. The Balaban J connectivity index is 1.48. The summed E-state index contributed by atoms with van der Waals surface area (Å²) < 4.78 is 0. The van der Waals surface area contributed by atoms with Crippen molar-refractivity contribution in [2.45, 2.75) is 25.3 Å². The van der Waals surface area contributed by atoms with Crippen LogP contribution in [-0.4, -0.2) is 36.9 Å². The molecule has 0 unspecified atom stereocenters. The van der Waals surface area contributed by atoms with Gasteiger partial charge in [0.1, 0.15) is 0 Å². The van der Waals surface area contributed by atoms with Crippen LogP contribution in [-0.2, 0) is 16.0 Å². The quantitative estimate of drug-likeness (QED) is 0.801. The van der Waals surface area contributed by atoms with Crippen LogP contribution in [0, 0.1) is 0 Å². The molecule has 2 aromatic carbocycles. The van der Waals surface area contributed by atoms with Crippen LogP contribution in [0.5, 0.6) is 0 Å². The molecule has 2 aromatic rings. The van der Waals surface area contributed by atoms with Crippen LogP contribution < -0.4 is 10.6 Å². The highest BCUT2D eigenvalue weighted by atomic mass is 35.5. The molecule has 0 saturated carbocycles. The molecule has 6 heteroatoms. The third-order valence-electron chi connectivity index (χ3n) is 4.66. The summed E-state index contributed by atoms with van der Waals surface area (Å²) in [5, 5.41) is 6.52. The predicted molar refractivity (Wildman–Crippen MR) is 108 cm³/mol. The number of rotatable bonds is 6. The van der Waals surface area contributed by atoms with Gasteiger partial charge in [0.2, 0.25) is 11.8 Å². The van der Waals surface area contributed by atoms with Crippen LogP contribution >= 0.6 is 11.6 Å². The average Bonchev–Trinajstić information content (AvgIpc) is 2.63. The van der Waals surface area contributed by atoms with Gasteiger partial charge in [0.05, 0.1) is 19.1 Å². The van der Waals surface area contributed by atoms with Gasteiger partial charge in [0.25, 0.3) is 0 Å². The van der Waals surface area contributed by atoms with E-state index in [2.05, 4.69) is 22.8 Å². The molecule has 5 nitrogen and oxygen atoms in total. The van der Waals surface area contributed by atoms with Gasteiger partial charge in [0, 0.05) is 10.7 Å². The maximum absolute atomic E-state index is 12.4. The minimum atomic E-state index is -0.171. The van der Waals surface area contributed by atoms with E-state index in [9.17, 15) is 9.59 Å². The van der Waals surface area contributed by atoms with Crippen molar-refractivity contribution in [3.63, 3.8) is 0 Å². The lowest BCUT2D eigenvalue weighted by Gasteiger charge is -2.27. The van der Waals surface area contributed by atoms with E-state index in [0.717, 1.165) is 19.3 Å². The molecule has 0 aromatic heterocycles. The molecular formula is C21H24ClN3O2. The zero-order valence-electron chi connectivity index (χ0n) is 15.4. The van der Waals surface area contributed by atoms with Gasteiger partial charge in [-0.25, -0.2) is 0 Å². The highest BCUT2D eigenvalue weighted by Crippen LogP contribution is 2.29. The summed E-state index contributed by atoms with van der Waals surface area (Å²) in [7, 11) is 1.76. The second-order valence-electron chi connectivity index (χ2n) is 6.94. The van der Waals surface area contributed by atoms with E-state index in [1.807, 2.05) is 12.1 Å². The third kappa shape index (κ3) is 5.55. The molecule has 0 bridgehead atoms. The first-order valence-electron chi connectivity index (χ1n) is 9.12. The molecule has 0 fully saturated rings. The fraction of sp³-hybridized carbons (Fsp3) is 0.333. The zero-order valence-corrected chi connectivity index (χ0v) is 16.1. The number of carbonyl (C=O) groups excluding carboxylic acids is 2. The first-order valence-corrected chi connectivity index (χ1v) is 9.50. The molecule has 1 atom stereocenters. The van der Waals surface area contributed by atoms with Crippen LogP contribution in [0.15, 0.2) is 48.5 Å². The second kappa shape index (κ2) is 9.02. The Morgan fingerprint density at radius 1 is 1.07 bits per heavy atom. The summed E-state index contributed by atoms with van der Waals surface area (Å²) in [6, 6.07) is 15.2. The van der Waals surface area contributed by atoms with Gasteiger partial charge < -0.3 is 10.6 Å². The van der Waals surface area contributed by atoms with Crippen molar-refractivity contribution in [1.82, 2.24) is 10.2 Å². The van der Waals surface area contributed by atoms with E-state index in [1.54, 1.807) is 36.2 Å². The van der Waals surface area contributed by atoms with E-state index in [4.69, 9.17) is 11.6 Å². The molecule has 0 aliphatic heterocycles. The molecule has 3 rings (SSSR count). The number of carbonyl (C=O) groups is 2. The number of benzene rings is 2. The Hall–Kier alpha value is -2.37. The van der Waals surface area contributed by atoms with Crippen molar-refractivity contribution in [2.75, 3.05) is 25.5 Å². The summed E-state index contributed by atoms with van der Waals surface area (Å²) >= 11 is 5.84. The summed E-state index contributed by atoms with van der Waals surface area (Å²) in [6.45, 7) is 0.310. The summed E-state index contributed by atoms with van der Waals surface area (Å²) in [4.78, 5) is 26.2. The minimum Gasteiger partial charge on any atom is -0.348 e. The Morgan fingerprint density at radius 3 is 2.56 bits per heavy atom. The molecule has 0 radical (unpaired) electrons. The maximum atomic E-state index is 12.4. The second-order valence-corrected chi connectivity index (χ2v) is 7.37. The lowest BCUT2D eigenvalue weighted by atomic mass is 9.88. The number of hydrogen-bond donors (Lipinski definition) is 2.